The first-order chi connectivity index (χ1) is 13.0. The van der Waals surface area contributed by atoms with Crippen molar-refractivity contribution in [3.8, 4) is 0 Å². The lowest BCUT2D eigenvalue weighted by atomic mass is 9.81. The fourth-order valence-corrected chi connectivity index (χ4v) is 7.21. The molecule has 0 radical (unpaired) electrons. The third-order valence-electron chi connectivity index (χ3n) is 8.02. The van der Waals surface area contributed by atoms with E-state index in [2.05, 4.69) is 17.2 Å². The first-order valence-electron chi connectivity index (χ1n) is 10.9. The number of piperidine rings is 1. The Morgan fingerprint density at radius 2 is 1.93 bits per heavy atom. The molecule has 27 heavy (non-hydrogen) atoms. The second kappa shape index (κ2) is 6.78. The van der Waals surface area contributed by atoms with E-state index in [4.69, 9.17) is 0 Å². The van der Waals surface area contributed by atoms with Gasteiger partial charge in [-0.15, -0.1) is 0 Å². The molecule has 2 heterocycles. The van der Waals surface area contributed by atoms with Crippen molar-refractivity contribution in [1.29, 1.82) is 0 Å². The minimum absolute atomic E-state index is 0.0296. The molecule has 0 aromatic rings. The Balaban J connectivity index is 1.17. The van der Waals surface area contributed by atoms with Crippen molar-refractivity contribution in [2.24, 2.45) is 28.7 Å². The second-order valence-corrected chi connectivity index (χ2v) is 11.0. The van der Waals surface area contributed by atoms with E-state index in [0.29, 0.717) is 17.9 Å². The molecule has 0 aromatic carbocycles. The van der Waals surface area contributed by atoms with Crippen molar-refractivity contribution >= 4 is 28.7 Å². The largest absolute Gasteiger partial charge is 0.361 e. The van der Waals surface area contributed by atoms with Crippen LogP contribution in [0.3, 0.4) is 0 Å². The summed E-state index contributed by atoms with van der Waals surface area (Å²) in [6.07, 6.45) is 10.5. The number of aliphatic imine (C=N–C) groups is 1. The first-order valence-corrected chi connectivity index (χ1v) is 11.7. The Morgan fingerprint density at radius 1 is 1.15 bits per heavy atom. The number of carbonyl (C=O) groups is 2. The van der Waals surface area contributed by atoms with Crippen molar-refractivity contribution in [2.75, 3.05) is 13.1 Å². The minimum atomic E-state index is -0.453. The summed E-state index contributed by atoms with van der Waals surface area (Å²) in [7, 11) is 0. The average molecular weight is 390 g/mol. The van der Waals surface area contributed by atoms with Gasteiger partial charge in [-0.3, -0.25) is 9.59 Å². The Kier molecular flexibility index (Phi) is 4.53. The van der Waals surface area contributed by atoms with Crippen molar-refractivity contribution in [1.82, 2.24) is 10.2 Å². The Labute approximate surface area is 166 Å². The zero-order valence-electron chi connectivity index (χ0n) is 16.3. The SMILES string of the molecule is CC1(C2CCN(C(=O)C3CCC3)CC2)SC(N[C@H]2C[C@@H]3CC[C@H]2C3)=NC1=O. The molecule has 148 valence electrons. The van der Waals surface area contributed by atoms with Crippen LogP contribution < -0.4 is 5.32 Å². The number of thioether (sulfide) groups is 1. The van der Waals surface area contributed by atoms with Crippen molar-refractivity contribution in [3.05, 3.63) is 0 Å². The quantitative estimate of drug-likeness (QED) is 0.805. The van der Waals surface area contributed by atoms with Crippen LogP contribution in [-0.4, -0.2) is 45.8 Å². The van der Waals surface area contributed by atoms with E-state index >= 15 is 0 Å². The number of fused-ring (bicyclic) bond motifs is 2. The van der Waals surface area contributed by atoms with Gasteiger partial charge in [0.1, 0.15) is 4.75 Å². The highest BCUT2D eigenvalue weighted by molar-refractivity contribution is 8.16. The number of amidine groups is 1. The molecule has 0 aromatic heterocycles. The molecule has 5 rings (SSSR count). The van der Waals surface area contributed by atoms with Crippen LogP contribution in [0.2, 0.25) is 0 Å². The topological polar surface area (TPSA) is 61.8 Å². The Hall–Kier alpha value is -1.04. The summed E-state index contributed by atoms with van der Waals surface area (Å²) in [5.41, 5.74) is 0. The maximum atomic E-state index is 12.8. The normalized spacial score (nSPS) is 39.6. The lowest BCUT2D eigenvalue weighted by Gasteiger charge is -2.40. The molecule has 3 saturated carbocycles. The van der Waals surface area contributed by atoms with Crippen LogP contribution in [-0.2, 0) is 9.59 Å². The van der Waals surface area contributed by atoms with Crippen LogP contribution in [0.4, 0.5) is 0 Å². The number of amides is 2. The van der Waals surface area contributed by atoms with Gasteiger partial charge in [-0.2, -0.15) is 4.99 Å². The molecule has 5 aliphatic rings. The van der Waals surface area contributed by atoms with Gasteiger partial charge in [0.05, 0.1) is 0 Å². The standard InChI is InChI=1S/C21H31N3O2S/c1-21(16-7-9-24(10-8-16)18(25)14-3-2-4-14)19(26)23-20(27-21)22-17-12-13-5-6-15(17)11-13/h13-17H,2-12H2,1H3,(H,22,23,26)/t13-,15+,17+,21?/m1/s1. The smallest absolute Gasteiger partial charge is 0.264 e. The number of hydrogen-bond acceptors (Lipinski definition) is 4. The van der Waals surface area contributed by atoms with E-state index in [-0.39, 0.29) is 11.8 Å². The van der Waals surface area contributed by atoms with Gasteiger partial charge in [0, 0.05) is 25.0 Å². The van der Waals surface area contributed by atoms with Crippen molar-refractivity contribution < 1.29 is 9.59 Å². The highest BCUT2D eigenvalue weighted by atomic mass is 32.2. The molecule has 1 N–H and O–H groups in total. The zero-order valence-corrected chi connectivity index (χ0v) is 17.1. The fourth-order valence-electron chi connectivity index (χ4n) is 5.93. The molecule has 4 fully saturated rings. The summed E-state index contributed by atoms with van der Waals surface area (Å²) in [5, 5.41) is 4.47. The molecule has 4 atom stereocenters. The second-order valence-electron chi connectivity index (χ2n) is 9.58. The summed E-state index contributed by atoms with van der Waals surface area (Å²) < 4.78 is -0.453. The maximum absolute atomic E-state index is 12.8. The van der Waals surface area contributed by atoms with E-state index in [1.165, 1.54) is 32.1 Å². The van der Waals surface area contributed by atoms with Crippen LogP contribution in [0.5, 0.6) is 0 Å². The highest BCUT2D eigenvalue weighted by Gasteiger charge is 2.50. The summed E-state index contributed by atoms with van der Waals surface area (Å²) in [6, 6.07) is 0.520. The van der Waals surface area contributed by atoms with E-state index in [9.17, 15) is 9.59 Å². The molecule has 2 bridgehead atoms. The monoisotopic (exact) mass is 389 g/mol. The van der Waals surface area contributed by atoms with E-state index in [1.807, 2.05) is 4.90 Å². The van der Waals surface area contributed by atoms with Gasteiger partial charge in [0.15, 0.2) is 5.17 Å². The summed E-state index contributed by atoms with van der Waals surface area (Å²) in [6.45, 7) is 3.68. The van der Waals surface area contributed by atoms with Crippen LogP contribution >= 0.6 is 11.8 Å². The van der Waals surface area contributed by atoms with Crippen LogP contribution in [0.1, 0.15) is 64.7 Å². The van der Waals surface area contributed by atoms with E-state index in [1.54, 1.807) is 11.8 Å². The van der Waals surface area contributed by atoms with Gasteiger partial charge in [-0.1, -0.05) is 24.6 Å². The first kappa shape index (κ1) is 18.0. The third kappa shape index (κ3) is 3.12. The average Bonchev–Trinajstić information content (AvgIpc) is 3.29. The van der Waals surface area contributed by atoms with Gasteiger partial charge in [-0.25, -0.2) is 0 Å². The van der Waals surface area contributed by atoms with Crippen molar-refractivity contribution in [3.63, 3.8) is 0 Å². The molecule has 2 amide bonds. The molecule has 2 aliphatic heterocycles. The van der Waals surface area contributed by atoms with Crippen molar-refractivity contribution in [2.45, 2.75) is 75.5 Å². The summed E-state index contributed by atoms with van der Waals surface area (Å²) >= 11 is 1.66. The van der Waals surface area contributed by atoms with Gasteiger partial charge < -0.3 is 10.2 Å². The number of nitrogens with one attached hydrogen (secondary N) is 1. The molecular formula is C21H31N3O2S. The lowest BCUT2D eigenvalue weighted by Crippen LogP contribution is -2.48. The Morgan fingerprint density at radius 3 is 2.52 bits per heavy atom. The maximum Gasteiger partial charge on any atom is 0.264 e. The zero-order chi connectivity index (χ0) is 18.6. The number of nitrogens with zero attached hydrogens (tertiary/aromatic N) is 2. The van der Waals surface area contributed by atoms with Crippen LogP contribution in [0.15, 0.2) is 4.99 Å². The van der Waals surface area contributed by atoms with E-state index < -0.39 is 4.75 Å². The van der Waals surface area contributed by atoms with Gasteiger partial charge in [0.25, 0.3) is 5.91 Å². The highest BCUT2D eigenvalue weighted by Crippen LogP contribution is 2.47. The number of rotatable bonds is 3. The van der Waals surface area contributed by atoms with Crippen LogP contribution in [0, 0.1) is 23.7 Å². The molecule has 1 saturated heterocycles. The van der Waals surface area contributed by atoms with Gasteiger partial charge >= 0.3 is 0 Å². The van der Waals surface area contributed by atoms with Gasteiger partial charge in [0.2, 0.25) is 5.91 Å². The Bertz CT molecular complexity index is 668. The van der Waals surface area contributed by atoms with E-state index in [0.717, 1.165) is 55.8 Å². The minimum Gasteiger partial charge on any atom is -0.361 e. The van der Waals surface area contributed by atoms with Crippen LogP contribution in [0.25, 0.3) is 0 Å². The number of hydrogen-bond donors (Lipinski definition) is 1. The number of likely N-dealkylation sites (tertiary alicyclic amines) is 1. The third-order valence-corrected chi connectivity index (χ3v) is 9.36. The molecule has 6 heteroatoms. The number of carbonyl (C=O) groups excluding carboxylic acids is 2. The molecule has 5 nitrogen and oxygen atoms in total. The predicted octanol–water partition coefficient (Wildman–Crippen LogP) is 3.19. The van der Waals surface area contributed by atoms with Gasteiger partial charge in [-0.05, 0) is 69.6 Å². The summed E-state index contributed by atoms with van der Waals surface area (Å²) in [4.78, 5) is 31.7. The molecule has 0 spiro atoms. The summed E-state index contributed by atoms with van der Waals surface area (Å²) in [5.74, 6) is 2.64. The fraction of sp³-hybridized carbons (Fsp3) is 0.857. The predicted molar refractivity (Wildman–Crippen MR) is 107 cm³/mol. The molecule has 3 aliphatic carbocycles. The molecular weight excluding hydrogens is 358 g/mol. The lowest BCUT2D eigenvalue weighted by molar-refractivity contribution is -0.139. The molecule has 1 unspecified atom stereocenters.